The van der Waals surface area contributed by atoms with Crippen molar-refractivity contribution in [3.8, 4) is 11.5 Å². The smallest absolute Gasteiger partial charge is 0.255 e. The lowest BCUT2D eigenvalue weighted by atomic mass is 9.72. The summed E-state index contributed by atoms with van der Waals surface area (Å²) in [6.07, 6.45) is 6.35. The fourth-order valence-electron chi connectivity index (χ4n) is 4.45. The number of hydrogen-bond donors (Lipinski definition) is 1. The van der Waals surface area contributed by atoms with Crippen molar-refractivity contribution >= 4 is 51.1 Å². The predicted molar refractivity (Wildman–Crippen MR) is 149 cm³/mol. The van der Waals surface area contributed by atoms with Crippen LogP contribution < -0.4 is 14.8 Å². The van der Waals surface area contributed by atoms with Gasteiger partial charge < -0.3 is 19.2 Å². The van der Waals surface area contributed by atoms with E-state index < -0.39 is 0 Å². The second-order valence-corrected chi connectivity index (χ2v) is 12.0. The Morgan fingerprint density at radius 3 is 2.77 bits per heavy atom. The van der Waals surface area contributed by atoms with E-state index in [9.17, 15) is 4.79 Å². The molecule has 6 nitrogen and oxygen atoms in total. The van der Waals surface area contributed by atoms with Gasteiger partial charge in [0.05, 0.1) is 36.2 Å². The number of methoxy groups -OCH3 is 2. The molecular formula is C27H31IN2O4S. The molecule has 0 fully saturated rings. The summed E-state index contributed by atoms with van der Waals surface area (Å²) in [5, 5.41) is 3.76. The highest BCUT2D eigenvalue weighted by molar-refractivity contribution is 14.1. The molecule has 1 amide bonds. The fraction of sp³-hybridized carbons (Fsp3) is 0.407. The first kappa shape index (κ1) is 25.8. The molecule has 1 N–H and O–H groups in total. The molecule has 0 bridgehead atoms. The first-order valence-electron chi connectivity index (χ1n) is 11.6. The van der Waals surface area contributed by atoms with Crippen LogP contribution in [-0.2, 0) is 19.4 Å². The number of nitrogens with one attached hydrogen (secondary N) is 1. The van der Waals surface area contributed by atoms with Crippen LogP contribution in [0.3, 0.4) is 0 Å². The van der Waals surface area contributed by atoms with Crippen molar-refractivity contribution < 1.29 is 18.7 Å². The number of nitrogens with zero attached hydrogens (tertiary/aromatic N) is 1. The molecule has 35 heavy (non-hydrogen) atoms. The van der Waals surface area contributed by atoms with Gasteiger partial charge >= 0.3 is 0 Å². The van der Waals surface area contributed by atoms with E-state index >= 15 is 0 Å². The van der Waals surface area contributed by atoms with E-state index in [1.165, 1.54) is 4.88 Å². The van der Waals surface area contributed by atoms with E-state index in [1.807, 2.05) is 24.3 Å². The normalized spacial score (nSPS) is 15.8. The average Bonchev–Trinajstić information content (AvgIpc) is 3.47. The van der Waals surface area contributed by atoms with Crippen molar-refractivity contribution in [2.75, 3.05) is 14.2 Å². The Morgan fingerprint density at radius 2 is 2.11 bits per heavy atom. The van der Waals surface area contributed by atoms with Crippen molar-refractivity contribution in [2.45, 2.75) is 46.6 Å². The standard InChI is InChI=1S/C27H31IN2O4S/c1-27(2,3)17-8-9-19-22(13-17)35-26(23(19)25(31)29-15-18-7-6-10-34-18)30-14-16-11-20(28)24(33-5)21(12-16)32-4/h6-7,10-12,14,17H,8-9,13,15H2,1-5H3,(H,29,31)/t17-/m0/s1. The quantitative estimate of drug-likeness (QED) is 0.237. The van der Waals surface area contributed by atoms with Gasteiger partial charge in [-0.3, -0.25) is 4.79 Å². The van der Waals surface area contributed by atoms with E-state index in [1.54, 1.807) is 38.0 Å². The van der Waals surface area contributed by atoms with Gasteiger partial charge in [-0.2, -0.15) is 0 Å². The Balaban J connectivity index is 1.68. The molecule has 1 aliphatic carbocycles. The van der Waals surface area contributed by atoms with Crippen LogP contribution in [0.25, 0.3) is 0 Å². The number of amides is 1. The maximum atomic E-state index is 13.4. The molecule has 0 saturated carbocycles. The van der Waals surface area contributed by atoms with Gasteiger partial charge in [0.25, 0.3) is 5.91 Å². The lowest BCUT2D eigenvalue weighted by Gasteiger charge is -2.33. The molecule has 1 aromatic carbocycles. The molecule has 0 unspecified atom stereocenters. The van der Waals surface area contributed by atoms with Crippen LogP contribution in [0.4, 0.5) is 5.00 Å². The summed E-state index contributed by atoms with van der Waals surface area (Å²) >= 11 is 3.86. The Kier molecular flexibility index (Phi) is 7.90. The minimum Gasteiger partial charge on any atom is -0.493 e. The van der Waals surface area contributed by atoms with Crippen LogP contribution in [0.15, 0.2) is 39.9 Å². The Labute approximate surface area is 224 Å². The highest BCUT2D eigenvalue weighted by atomic mass is 127. The molecule has 1 aliphatic rings. The number of aliphatic imine (C=N–C) groups is 1. The number of furan rings is 1. The molecule has 0 spiro atoms. The van der Waals surface area contributed by atoms with Crippen molar-refractivity contribution in [1.29, 1.82) is 0 Å². The Bertz CT molecular complexity index is 1230. The molecule has 8 heteroatoms. The molecule has 0 radical (unpaired) electrons. The van der Waals surface area contributed by atoms with Crippen LogP contribution in [0.5, 0.6) is 11.5 Å². The summed E-state index contributed by atoms with van der Waals surface area (Å²) in [4.78, 5) is 19.5. The van der Waals surface area contributed by atoms with Crippen LogP contribution >= 0.6 is 33.9 Å². The number of hydrogen-bond acceptors (Lipinski definition) is 6. The number of thiophene rings is 1. The highest BCUT2D eigenvalue weighted by Crippen LogP contribution is 2.45. The summed E-state index contributed by atoms with van der Waals surface area (Å²) in [5.41, 5.74) is 2.94. The molecular weight excluding hydrogens is 575 g/mol. The number of carbonyl (C=O) groups is 1. The summed E-state index contributed by atoms with van der Waals surface area (Å²) in [7, 11) is 3.25. The zero-order valence-electron chi connectivity index (χ0n) is 20.7. The SMILES string of the molecule is COc1cc(C=Nc2sc3c(c2C(=O)NCc2ccco2)CC[C@H](C(C)(C)C)C3)cc(I)c1OC. The molecule has 2 aromatic heterocycles. The average molecular weight is 607 g/mol. The zero-order valence-corrected chi connectivity index (χ0v) is 23.7. The summed E-state index contributed by atoms with van der Waals surface area (Å²) in [6, 6.07) is 7.56. The van der Waals surface area contributed by atoms with E-state index in [-0.39, 0.29) is 11.3 Å². The predicted octanol–water partition coefficient (Wildman–Crippen LogP) is 6.79. The Hall–Kier alpha value is -2.33. The van der Waals surface area contributed by atoms with Gasteiger partial charge in [0.15, 0.2) is 11.5 Å². The largest absolute Gasteiger partial charge is 0.493 e. The van der Waals surface area contributed by atoms with E-state index in [0.717, 1.165) is 44.7 Å². The topological polar surface area (TPSA) is 73.1 Å². The number of fused-ring (bicyclic) bond motifs is 1. The van der Waals surface area contributed by atoms with Crippen molar-refractivity contribution in [3.63, 3.8) is 0 Å². The molecule has 1 atom stereocenters. The van der Waals surface area contributed by atoms with Crippen LogP contribution in [-0.4, -0.2) is 26.3 Å². The van der Waals surface area contributed by atoms with Crippen LogP contribution in [0.2, 0.25) is 0 Å². The lowest BCUT2D eigenvalue weighted by molar-refractivity contribution is 0.0947. The van der Waals surface area contributed by atoms with Crippen LogP contribution in [0, 0.1) is 14.9 Å². The number of benzene rings is 1. The molecule has 3 aromatic rings. The number of halogens is 1. The zero-order chi connectivity index (χ0) is 25.2. The van der Waals surface area contributed by atoms with Crippen molar-refractivity contribution in [2.24, 2.45) is 16.3 Å². The maximum Gasteiger partial charge on any atom is 0.255 e. The van der Waals surface area contributed by atoms with Gasteiger partial charge in [0.1, 0.15) is 10.8 Å². The van der Waals surface area contributed by atoms with Crippen molar-refractivity contribution in [3.05, 3.63) is 61.4 Å². The highest BCUT2D eigenvalue weighted by Gasteiger charge is 2.33. The third-order valence-corrected chi connectivity index (χ3v) is 8.45. The third kappa shape index (κ3) is 5.74. The van der Waals surface area contributed by atoms with Gasteiger partial charge in [-0.15, -0.1) is 11.3 Å². The van der Waals surface area contributed by atoms with Gasteiger partial charge in [-0.25, -0.2) is 4.99 Å². The molecule has 186 valence electrons. The van der Waals surface area contributed by atoms with Gasteiger partial charge in [-0.1, -0.05) is 20.8 Å². The van der Waals surface area contributed by atoms with E-state index in [0.29, 0.717) is 29.5 Å². The van der Waals surface area contributed by atoms with E-state index in [4.69, 9.17) is 18.9 Å². The summed E-state index contributed by atoms with van der Waals surface area (Å²) < 4.78 is 17.3. The number of ether oxygens (including phenoxy) is 2. The molecule has 0 saturated heterocycles. The first-order chi connectivity index (χ1) is 16.7. The molecule has 0 aliphatic heterocycles. The van der Waals surface area contributed by atoms with Crippen LogP contribution in [0.1, 0.15) is 59.3 Å². The number of rotatable bonds is 7. The first-order valence-corrected chi connectivity index (χ1v) is 13.5. The Morgan fingerprint density at radius 1 is 1.31 bits per heavy atom. The fourth-order valence-corrected chi connectivity index (χ4v) is 6.56. The summed E-state index contributed by atoms with van der Waals surface area (Å²) in [5.74, 6) is 2.54. The molecule has 2 heterocycles. The minimum absolute atomic E-state index is 0.109. The number of carbonyl (C=O) groups excluding carboxylic acids is 1. The maximum absolute atomic E-state index is 13.4. The van der Waals surface area contributed by atoms with E-state index in [2.05, 4.69) is 48.7 Å². The third-order valence-electron chi connectivity index (χ3n) is 6.49. The molecule has 4 rings (SSSR count). The second kappa shape index (κ2) is 10.7. The van der Waals surface area contributed by atoms with Crippen molar-refractivity contribution in [1.82, 2.24) is 5.32 Å². The monoisotopic (exact) mass is 606 g/mol. The second-order valence-electron chi connectivity index (χ2n) is 9.75. The van der Waals surface area contributed by atoms with Gasteiger partial charge in [0.2, 0.25) is 0 Å². The lowest BCUT2D eigenvalue weighted by Crippen LogP contribution is -2.28. The summed E-state index contributed by atoms with van der Waals surface area (Å²) in [6.45, 7) is 7.24. The van der Waals surface area contributed by atoms with Gasteiger partial charge in [0, 0.05) is 11.1 Å². The van der Waals surface area contributed by atoms with Gasteiger partial charge in [-0.05, 0) is 88.6 Å². The minimum atomic E-state index is -0.109.